The maximum Gasteiger partial charge on any atom is 0.0591 e. The molecule has 2 fully saturated rings. The Bertz CT molecular complexity index is 207. The summed E-state index contributed by atoms with van der Waals surface area (Å²) in [6.45, 7) is 4.88. The largest absolute Gasteiger partial charge is 0.381 e. The Labute approximate surface area is 97.8 Å². The van der Waals surface area contributed by atoms with Crippen molar-refractivity contribution in [2.75, 3.05) is 19.8 Å². The van der Waals surface area contributed by atoms with E-state index in [0.29, 0.717) is 18.1 Å². The monoisotopic (exact) mass is 228 g/mol. The molecule has 2 rings (SSSR count). The Morgan fingerprint density at radius 1 is 1.25 bits per heavy atom. The number of nitrogens with two attached hydrogens (primary N) is 1. The fourth-order valence-corrected chi connectivity index (χ4v) is 2.98. The summed E-state index contributed by atoms with van der Waals surface area (Å²) in [5.41, 5.74) is 3.00. The first-order valence-electron chi connectivity index (χ1n) is 6.46. The molecule has 3 N–H and O–H groups in total. The van der Waals surface area contributed by atoms with Crippen molar-refractivity contribution in [3.8, 4) is 0 Å². The molecule has 2 heterocycles. The third kappa shape index (κ3) is 2.94. The minimum Gasteiger partial charge on any atom is -0.381 e. The molecule has 4 nitrogen and oxygen atoms in total. The molecule has 0 aromatic rings. The van der Waals surface area contributed by atoms with Gasteiger partial charge in [0.1, 0.15) is 0 Å². The van der Waals surface area contributed by atoms with E-state index in [4.69, 9.17) is 15.3 Å². The van der Waals surface area contributed by atoms with Gasteiger partial charge in [0, 0.05) is 31.8 Å². The summed E-state index contributed by atoms with van der Waals surface area (Å²) in [6, 6.07) is 0.403. The first-order chi connectivity index (χ1) is 7.81. The molecule has 3 unspecified atom stereocenters. The SMILES string of the molecule is CC1OCCC1C(CC1CCOCC1)NN. The van der Waals surface area contributed by atoms with E-state index >= 15 is 0 Å². The van der Waals surface area contributed by atoms with Gasteiger partial charge in [-0.15, -0.1) is 0 Å². The summed E-state index contributed by atoms with van der Waals surface area (Å²) in [7, 11) is 0. The second kappa shape index (κ2) is 5.96. The zero-order chi connectivity index (χ0) is 11.4. The zero-order valence-electron chi connectivity index (χ0n) is 10.2. The molecule has 3 atom stereocenters. The lowest BCUT2D eigenvalue weighted by molar-refractivity contribution is 0.0518. The Hall–Kier alpha value is -0.160. The highest BCUT2D eigenvalue weighted by molar-refractivity contribution is 4.85. The highest BCUT2D eigenvalue weighted by Crippen LogP contribution is 2.29. The van der Waals surface area contributed by atoms with Crippen molar-refractivity contribution < 1.29 is 9.47 Å². The highest BCUT2D eigenvalue weighted by atomic mass is 16.5. The molecular formula is C12H24N2O2. The number of hydrogen-bond acceptors (Lipinski definition) is 4. The number of nitrogens with one attached hydrogen (secondary N) is 1. The molecule has 0 spiro atoms. The molecule has 0 aromatic carbocycles. The second-order valence-corrected chi connectivity index (χ2v) is 5.09. The van der Waals surface area contributed by atoms with Gasteiger partial charge in [-0.2, -0.15) is 0 Å². The van der Waals surface area contributed by atoms with Gasteiger partial charge in [0.25, 0.3) is 0 Å². The van der Waals surface area contributed by atoms with E-state index in [9.17, 15) is 0 Å². The van der Waals surface area contributed by atoms with Crippen LogP contribution in [0.25, 0.3) is 0 Å². The Balaban J connectivity index is 1.84. The van der Waals surface area contributed by atoms with Crippen molar-refractivity contribution in [1.29, 1.82) is 0 Å². The molecule has 94 valence electrons. The van der Waals surface area contributed by atoms with Crippen molar-refractivity contribution in [1.82, 2.24) is 5.43 Å². The van der Waals surface area contributed by atoms with Crippen LogP contribution in [-0.2, 0) is 9.47 Å². The van der Waals surface area contributed by atoms with Gasteiger partial charge in [0.05, 0.1) is 6.10 Å². The lowest BCUT2D eigenvalue weighted by Gasteiger charge is -2.30. The highest BCUT2D eigenvalue weighted by Gasteiger charge is 2.32. The van der Waals surface area contributed by atoms with Gasteiger partial charge in [-0.25, -0.2) is 0 Å². The van der Waals surface area contributed by atoms with Crippen molar-refractivity contribution in [2.45, 2.75) is 44.8 Å². The van der Waals surface area contributed by atoms with E-state index in [1.165, 1.54) is 12.8 Å². The predicted molar refractivity (Wildman–Crippen MR) is 62.8 cm³/mol. The first kappa shape index (κ1) is 12.3. The van der Waals surface area contributed by atoms with E-state index in [1.54, 1.807) is 0 Å². The molecule has 2 aliphatic heterocycles. The van der Waals surface area contributed by atoms with Crippen molar-refractivity contribution >= 4 is 0 Å². The van der Waals surface area contributed by atoms with Crippen molar-refractivity contribution in [3.05, 3.63) is 0 Å². The molecule has 0 radical (unpaired) electrons. The molecule has 2 aliphatic rings. The fraction of sp³-hybridized carbons (Fsp3) is 1.00. The van der Waals surface area contributed by atoms with Gasteiger partial charge in [-0.05, 0) is 38.5 Å². The average molecular weight is 228 g/mol. The van der Waals surface area contributed by atoms with Gasteiger partial charge in [-0.3, -0.25) is 11.3 Å². The Kier molecular flexibility index (Phi) is 4.58. The van der Waals surface area contributed by atoms with Gasteiger partial charge >= 0.3 is 0 Å². The summed E-state index contributed by atoms with van der Waals surface area (Å²) < 4.78 is 11.0. The zero-order valence-corrected chi connectivity index (χ0v) is 10.2. The summed E-state index contributed by atoms with van der Waals surface area (Å²) in [5.74, 6) is 7.04. The first-order valence-corrected chi connectivity index (χ1v) is 6.46. The predicted octanol–water partition coefficient (Wildman–Crippen LogP) is 1.06. The van der Waals surface area contributed by atoms with E-state index < -0.39 is 0 Å². The van der Waals surface area contributed by atoms with Crippen LogP contribution in [0.1, 0.15) is 32.6 Å². The lowest BCUT2D eigenvalue weighted by atomic mass is 9.84. The van der Waals surface area contributed by atoms with Crippen LogP contribution in [0.4, 0.5) is 0 Å². The molecule has 0 aliphatic carbocycles. The van der Waals surface area contributed by atoms with Gasteiger partial charge in [0.2, 0.25) is 0 Å². The van der Waals surface area contributed by atoms with Crippen LogP contribution in [0, 0.1) is 11.8 Å². The van der Waals surface area contributed by atoms with Gasteiger partial charge in [-0.1, -0.05) is 0 Å². The maximum atomic E-state index is 5.70. The van der Waals surface area contributed by atoms with Gasteiger partial charge in [0.15, 0.2) is 0 Å². The molecule has 0 aromatic heterocycles. The molecule has 16 heavy (non-hydrogen) atoms. The van der Waals surface area contributed by atoms with Crippen LogP contribution in [0.15, 0.2) is 0 Å². The van der Waals surface area contributed by atoms with Crippen LogP contribution >= 0.6 is 0 Å². The minimum absolute atomic E-state index is 0.348. The van der Waals surface area contributed by atoms with Crippen LogP contribution in [0.5, 0.6) is 0 Å². The standard InChI is InChI=1S/C12H24N2O2/c1-9-11(4-7-16-9)12(14-13)8-10-2-5-15-6-3-10/h9-12,14H,2-8,13H2,1H3. The molecular weight excluding hydrogens is 204 g/mol. The van der Waals surface area contributed by atoms with Crippen LogP contribution < -0.4 is 11.3 Å². The second-order valence-electron chi connectivity index (χ2n) is 5.09. The van der Waals surface area contributed by atoms with E-state index in [0.717, 1.165) is 38.6 Å². The normalized spacial score (nSPS) is 34.1. The summed E-state index contributed by atoms with van der Waals surface area (Å²) in [4.78, 5) is 0. The quantitative estimate of drug-likeness (QED) is 0.558. The maximum absolute atomic E-state index is 5.70. The topological polar surface area (TPSA) is 56.5 Å². The third-order valence-electron chi connectivity index (χ3n) is 4.09. The van der Waals surface area contributed by atoms with Crippen molar-refractivity contribution in [3.63, 3.8) is 0 Å². The Morgan fingerprint density at radius 3 is 2.56 bits per heavy atom. The fourth-order valence-electron chi connectivity index (χ4n) is 2.98. The molecule has 0 amide bonds. The number of ether oxygens (including phenoxy) is 2. The number of hydrogen-bond donors (Lipinski definition) is 2. The average Bonchev–Trinajstić information content (AvgIpc) is 2.74. The summed E-state index contributed by atoms with van der Waals surface area (Å²) in [5, 5.41) is 0. The molecule has 0 bridgehead atoms. The molecule has 0 saturated carbocycles. The van der Waals surface area contributed by atoms with Crippen LogP contribution in [0.2, 0.25) is 0 Å². The number of hydrazine groups is 1. The summed E-state index contributed by atoms with van der Waals surface area (Å²) in [6.07, 6.45) is 5.01. The van der Waals surface area contributed by atoms with E-state index in [2.05, 4.69) is 12.3 Å². The van der Waals surface area contributed by atoms with Gasteiger partial charge < -0.3 is 9.47 Å². The van der Waals surface area contributed by atoms with E-state index in [-0.39, 0.29) is 0 Å². The summed E-state index contributed by atoms with van der Waals surface area (Å²) >= 11 is 0. The van der Waals surface area contributed by atoms with Crippen LogP contribution in [0.3, 0.4) is 0 Å². The third-order valence-corrected chi connectivity index (χ3v) is 4.09. The van der Waals surface area contributed by atoms with E-state index in [1.807, 2.05) is 0 Å². The van der Waals surface area contributed by atoms with Crippen LogP contribution in [-0.4, -0.2) is 32.0 Å². The molecule has 2 saturated heterocycles. The lowest BCUT2D eigenvalue weighted by Crippen LogP contribution is -2.44. The number of rotatable bonds is 4. The Morgan fingerprint density at radius 2 is 2.00 bits per heavy atom. The van der Waals surface area contributed by atoms with Crippen molar-refractivity contribution in [2.24, 2.45) is 17.7 Å². The molecule has 4 heteroatoms. The minimum atomic E-state index is 0.348. The smallest absolute Gasteiger partial charge is 0.0591 e.